The molecule has 8 heteroatoms. The molecule has 2 heterocycles. The molecule has 2 amide bonds. The van der Waals surface area contributed by atoms with Gasteiger partial charge >= 0.3 is 0 Å². The molecule has 152 valence electrons. The SMILES string of the molecule is O=C(/C=C/c1ccccc1N1CCN(C(=O)CC2CC[S+]([O-])CC2)CC1)NO. The van der Waals surface area contributed by atoms with Crippen LogP contribution < -0.4 is 10.4 Å². The van der Waals surface area contributed by atoms with E-state index in [4.69, 9.17) is 5.21 Å². The molecule has 0 saturated carbocycles. The van der Waals surface area contributed by atoms with Crippen molar-refractivity contribution >= 4 is 34.8 Å². The van der Waals surface area contributed by atoms with Gasteiger partial charge in [-0.25, -0.2) is 5.48 Å². The number of para-hydroxylation sites is 1. The molecule has 1 aromatic rings. The predicted octanol–water partition coefficient (Wildman–Crippen LogP) is 1.40. The second kappa shape index (κ2) is 9.95. The zero-order valence-electron chi connectivity index (χ0n) is 15.9. The van der Waals surface area contributed by atoms with Crippen molar-refractivity contribution in [1.29, 1.82) is 0 Å². The van der Waals surface area contributed by atoms with E-state index < -0.39 is 17.1 Å². The van der Waals surface area contributed by atoms with Gasteiger partial charge < -0.3 is 14.4 Å². The molecule has 2 saturated heterocycles. The maximum atomic E-state index is 12.6. The lowest BCUT2D eigenvalue weighted by Gasteiger charge is -2.37. The van der Waals surface area contributed by atoms with Crippen LogP contribution in [0.1, 0.15) is 24.8 Å². The average molecular weight is 406 g/mol. The fourth-order valence-electron chi connectivity index (χ4n) is 3.74. The first kappa shape index (κ1) is 20.7. The molecule has 0 aliphatic carbocycles. The summed E-state index contributed by atoms with van der Waals surface area (Å²) in [5.41, 5.74) is 3.48. The van der Waals surface area contributed by atoms with E-state index in [-0.39, 0.29) is 5.91 Å². The van der Waals surface area contributed by atoms with E-state index in [9.17, 15) is 14.1 Å². The maximum Gasteiger partial charge on any atom is 0.267 e. The Labute approximate surface area is 168 Å². The summed E-state index contributed by atoms with van der Waals surface area (Å²) in [6.45, 7) is 2.81. The van der Waals surface area contributed by atoms with Gasteiger partial charge in [-0.05, 0) is 36.5 Å². The minimum atomic E-state index is -0.690. The van der Waals surface area contributed by atoms with E-state index in [1.165, 1.54) is 6.08 Å². The van der Waals surface area contributed by atoms with Crippen LogP contribution in [0.5, 0.6) is 0 Å². The van der Waals surface area contributed by atoms with Gasteiger partial charge in [0.2, 0.25) is 5.91 Å². The van der Waals surface area contributed by atoms with Gasteiger partial charge in [0.05, 0.1) is 0 Å². The molecule has 7 nitrogen and oxygen atoms in total. The Morgan fingerprint density at radius 1 is 1.18 bits per heavy atom. The molecule has 0 bridgehead atoms. The van der Waals surface area contributed by atoms with Crippen molar-refractivity contribution in [3.05, 3.63) is 35.9 Å². The summed E-state index contributed by atoms with van der Waals surface area (Å²) in [7, 11) is 0. The number of hydroxylamine groups is 1. The highest BCUT2D eigenvalue weighted by Crippen LogP contribution is 2.25. The van der Waals surface area contributed by atoms with Crippen LogP contribution in [-0.4, -0.2) is 64.2 Å². The lowest BCUT2D eigenvalue weighted by Crippen LogP contribution is -2.49. The number of carbonyl (C=O) groups is 2. The van der Waals surface area contributed by atoms with Crippen molar-refractivity contribution in [2.45, 2.75) is 19.3 Å². The van der Waals surface area contributed by atoms with Gasteiger partial charge in [0, 0.05) is 44.4 Å². The smallest absolute Gasteiger partial charge is 0.267 e. The predicted molar refractivity (Wildman–Crippen MR) is 109 cm³/mol. The standard InChI is InChI=1S/C20H27N3O4S/c24-19(21-26)6-5-17-3-1-2-4-18(17)22-9-11-23(12-10-22)20(25)15-16-7-13-28(27)14-8-16/h1-6,16,26H,7-15H2,(H,21,24)/b6-5+. The Hall–Kier alpha value is -2.03. The Kier molecular flexibility index (Phi) is 7.36. The van der Waals surface area contributed by atoms with Gasteiger partial charge in [0.1, 0.15) is 11.5 Å². The molecule has 28 heavy (non-hydrogen) atoms. The lowest BCUT2D eigenvalue weighted by atomic mass is 9.98. The molecule has 2 fully saturated rings. The molecule has 0 radical (unpaired) electrons. The highest BCUT2D eigenvalue weighted by molar-refractivity contribution is 7.91. The van der Waals surface area contributed by atoms with Gasteiger partial charge in [0.25, 0.3) is 5.91 Å². The highest BCUT2D eigenvalue weighted by Gasteiger charge is 2.27. The molecule has 2 aliphatic rings. The van der Waals surface area contributed by atoms with Crippen molar-refractivity contribution in [3.63, 3.8) is 0 Å². The van der Waals surface area contributed by atoms with Gasteiger partial charge in [-0.3, -0.25) is 14.8 Å². The zero-order valence-corrected chi connectivity index (χ0v) is 16.7. The summed E-state index contributed by atoms with van der Waals surface area (Å²) in [6.07, 6.45) is 5.30. The number of nitrogens with one attached hydrogen (secondary N) is 1. The second-order valence-electron chi connectivity index (χ2n) is 7.23. The monoisotopic (exact) mass is 405 g/mol. The Balaban J connectivity index is 1.55. The van der Waals surface area contributed by atoms with Crippen molar-refractivity contribution in [2.75, 3.05) is 42.6 Å². The Bertz CT molecular complexity index is 711. The average Bonchev–Trinajstić information content (AvgIpc) is 2.74. The summed E-state index contributed by atoms with van der Waals surface area (Å²) in [5, 5.41) is 8.63. The minimum Gasteiger partial charge on any atom is -0.616 e. The maximum absolute atomic E-state index is 12.6. The van der Waals surface area contributed by atoms with E-state index >= 15 is 0 Å². The van der Waals surface area contributed by atoms with Gasteiger partial charge in [-0.1, -0.05) is 29.4 Å². The quantitative estimate of drug-likeness (QED) is 0.334. The van der Waals surface area contributed by atoms with Crippen molar-refractivity contribution < 1.29 is 19.3 Å². The molecule has 2 aliphatic heterocycles. The third-order valence-corrected chi connectivity index (χ3v) is 6.79. The molecule has 0 atom stereocenters. The van der Waals surface area contributed by atoms with Crippen LogP contribution in [0.15, 0.2) is 30.3 Å². The molecular formula is C20H27N3O4S. The zero-order chi connectivity index (χ0) is 19.9. The van der Waals surface area contributed by atoms with E-state index in [0.717, 1.165) is 48.7 Å². The van der Waals surface area contributed by atoms with Crippen LogP contribution in [0.25, 0.3) is 6.08 Å². The van der Waals surface area contributed by atoms with Crippen LogP contribution in [0.2, 0.25) is 0 Å². The number of hydrogen-bond donors (Lipinski definition) is 2. The summed E-state index contributed by atoms with van der Waals surface area (Å²) in [6, 6.07) is 7.76. The second-order valence-corrected chi connectivity index (χ2v) is 8.93. The number of hydrogen-bond acceptors (Lipinski definition) is 5. The first-order chi connectivity index (χ1) is 13.6. The normalized spacial score (nSPS) is 23.1. The van der Waals surface area contributed by atoms with E-state index in [2.05, 4.69) is 4.90 Å². The van der Waals surface area contributed by atoms with Crippen LogP contribution in [0.3, 0.4) is 0 Å². The molecular weight excluding hydrogens is 378 g/mol. The third-order valence-electron chi connectivity index (χ3n) is 5.41. The van der Waals surface area contributed by atoms with Crippen LogP contribution in [-0.2, 0) is 20.8 Å². The summed E-state index contributed by atoms with van der Waals surface area (Å²) in [4.78, 5) is 28.0. The number of anilines is 1. The Morgan fingerprint density at radius 3 is 2.54 bits per heavy atom. The van der Waals surface area contributed by atoms with Crippen molar-refractivity contribution in [3.8, 4) is 0 Å². The van der Waals surface area contributed by atoms with Gasteiger partial charge in [-0.15, -0.1) is 0 Å². The van der Waals surface area contributed by atoms with Gasteiger partial charge in [0.15, 0.2) is 0 Å². The summed E-state index contributed by atoms with van der Waals surface area (Å²) < 4.78 is 11.5. The molecule has 1 aromatic carbocycles. The number of piperazine rings is 1. The number of carbonyl (C=O) groups excluding carboxylic acids is 2. The van der Waals surface area contributed by atoms with E-state index in [1.54, 1.807) is 11.6 Å². The number of nitrogens with zero attached hydrogens (tertiary/aromatic N) is 2. The first-order valence-electron chi connectivity index (χ1n) is 9.65. The molecule has 0 aromatic heterocycles. The largest absolute Gasteiger partial charge is 0.616 e. The van der Waals surface area contributed by atoms with Crippen LogP contribution >= 0.6 is 0 Å². The number of amides is 2. The molecule has 3 rings (SSSR count). The Morgan fingerprint density at radius 2 is 1.86 bits per heavy atom. The van der Waals surface area contributed by atoms with Crippen molar-refractivity contribution in [2.24, 2.45) is 5.92 Å². The minimum absolute atomic E-state index is 0.199. The van der Waals surface area contributed by atoms with E-state index in [1.807, 2.05) is 29.2 Å². The van der Waals surface area contributed by atoms with Gasteiger partial charge in [-0.2, -0.15) is 0 Å². The fourth-order valence-corrected chi connectivity index (χ4v) is 5.14. The third kappa shape index (κ3) is 5.50. The topological polar surface area (TPSA) is 95.9 Å². The molecule has 2 N–H and O–H groups in total. The van der Waals surface area contributed by atoms with Crippen LogP contribution in [0.4, 0.5) is 5.69 Å². The first-order valence-corrected chi connectivity index (χ1v) is 11.1. The number of benzene rings is 1. The van der Waals surface area contributed by atoms with Crippen LogP contribution in [0, 0.1) is 5.92 Å². The number of rotatable bonds is 5. The lowest BCUT2D eigenvalue weighted by molar-refractivity contribution is -0.132. The molecule has 0 unspecified atom stereocenters. The summed E-state index contributed by atoms with van der Waals surface area (Å²) >= 11 is -0.690. The highest BCUT2D eigenvalue weighted by atomic mass is 32.2. The van der Waals surface area contributed by atoms with E-state index in [0.29, 0.717) is 25.4 Å². The fraction of sp³-hybridized carbons (Fsp3) is 0.500. The molecule has 0 spiro atoms. The summed E-state index contributed by atoms with van der Waals surface area (Å²) in [5.74, 6) is 1.45. The van der Waals surface area contributed by atoms with Crippen molar-refractivity contribution in [1.82, 2.24) is 10.4 Å².